The molecule has 0 atom stereocenters. The largest absolute Gasteiger partial charge is 0.465 e. The summed E-state index contributed by atoms with van der Waals surface area (Å²) in [6.07, 6.45) is 0.508. The van der Waals surface area contributed by atoms with Gasteiger partial charge in [-0.1, -0.05) is 60.7 Å². The van der Waals surface area contributed by atoms with Crippen LogP contribution in [0.3, 0.4) is 0 Å². The third-order valence-corrected chi connectivity index (χ3v) is 5.86. The number of hydrogen-bond acceptors (Lipinski definition) is 4. The van der Waals surface area contributed by atoms with E-state index < -0.39 is 16.0 Å². The Morgan fingerprint density at radius 2 is 1.54 bits per heavy atom. The van der Waals surface area contributed by atoms with Crippen molar-refractivity contribution in [1.29, 1.82) is 0 Å². The zero-order valence-corrected chi connectivity index (χ0v) is 16.3. The lowest BCUT2D eigenvalue weighted by Gasteiger charge is -2.12. The van der Waals surface area contributed by atoms with Crippen molar-refractivity contribution in [3.05, 3.63) is 90.0 Å². The minimum Gasteiger partial charge on any atom is -0.465 e. The molecule has 1 N–H and O–H groups in total. The highest BCUT2D eigenvalue weighted by Crippen LogP contribution is 2.26. The summed E-state index contributed by atoms with van der Waals surface area (Å²) in [5.41, 5.74) is 2.90. The van der Waals surface area contributed by atoms with Crippen molar-refractivity contribution in [3.63, 3.8) is 0 Å². The Hall–Kier alpha value is -2.96. The van der Waals surface area contributed by atoms with Crippen LogP contribution in [0.4, 0.5) is 0 Å². The van der Waals surface area contributed by atoms with Gasteiger partial charge >= 0.3 is 5.97 Å². The Kier molecular flexibility index (Phi) is 6.23. The second-order valence-corrected chi connectivity index (χ2v) is 7.93. The molecule has 0 fully saturated rings. The van der Waals surface area contributed by atoms with E-state index in [2.05, 4.69) is 9.46 Å². The number of carbonyl (C=O) groups excluding carboxylic acids is 1. The number of benzene rings is 3. The van der Waals surface area contributed by atoms with Crippen LogP contribution in [-0.2, 0) is 21.2 Å². The summed E-state index contributed by atoms with van der Waals surface area (Å²) in [7, 11) is -2.33. The summed E-state index contributed by atoms with van der Waals surface area (Å²) in [4.78, 5) is 11.7. The number of carbonyl (C=O) groups is 1. The average molecular weight is 395 g/mol. The molecule has 3 rings (SSSR count). The third kappa shape index (κ3) is 4.65. The van der Waals surface area contributed by atoms with Crippen LogP contribution in [0.1, 0.15) is 15.9 Å². The molecular weight excluding hydrogens is 374 g/mol. The number of hydrogen-bond donors (Lipinski definition) is 1. The van der Waals surface area contributed by atoms with E-state index in [0.717, 1.165) is 11.1 Å². The molecule has 0 saturated heterocycles. The number of ether oxygens (including phenoxy) is 1. The molecule has 6 heteroatoms. The summed E-state index contributed by atoms with van der Waals surface area (Å²) in [6, 6.07) is 23.3. The molecule has 0 radical (unpaired) electrons. The SMILES string of the molecule is COC(=O)c1ccc(CCNS(=O)(=O)c2ccccc2-c2ccccc2)cc1. The Labute approximate surface area is 165 Å². The van der Waals surface area contributed by atoms with Gasteiger partial charge < -0.3 is 4.74 Å². The topological polar surface area (TPSA) is 72.5 Å². The van der Waals surface area contributed by atoms with E-state index >= 15 is 0 Å². The second kappa shape index (κ2) is 8.82. The normalized spacial score (nSPS) is 11.2. The van der Waals surface area contributed by atoms with Crippen LogP contribution in [-0.4, -0.2) is 28.0 Å². The quantitative estimate of drug-likeness (QED) is 0.620. The van der Waals surface area contributed by atoms with E-state index in [4.69, 9.17) is 0 Å². The molecule has 3 aromatic rings. The Morgan fingerprint density at radius 1 is 0.893 bits per heavy atom. The van der Waals surface area contributed by atoms with Gasteiger partial charge in [-0.15, -0.1) is 0 Å². The minimum absolute atomic E-state index is 0.252. The van der Waals surface area contributed by atoms with Gasteiger partial charge in [0.1, 0.15) is 0 Å². The minimum atomic E-state index is -3.66. The van der Waals surface area contributed by atoms with Gasteiger partial charge in [0.2, 0.25) is 10.0 Å². The van der Waals surface area contributed by atoms with Gasteiger partial charge in [-0.3, -0.25) is 0 Å². The zero-order chi connectivity index (χ0) is 20.0. The Bertz CT molecular complexity index is 1050. The fourth-order valence-electron chi connectivity index (χ4n) is 2.89. The first-order valence-electron chi connectivity index (χ1n) is 8.82. The van der Waals surface area contributed by atoms with E-state index in [1.54, 1.807) is 42.5 Å². The maximum Gasteiger partial charge on any atom is 0.337 e. The van der Waals surface area contributed by atoms with Crippen LogP contribution in [0.5, 0.6) is 0 Å². The molecule has 144 valence electrons. The van der Waals surface area contributed by atoms with Gasteiger partial charge in [-0.25, -0.2) is 17.9 Å². The van der Waals surface area contributed by atoms with Crippen molar-refractivity contribution in [2.45, 2.75) is 11.3 Å². The lowest BCUT2D eigenvalue weighted by atomic mass is 10.1. The monoisotopic (exact) mass is 395 g/mol. The van der Waals surface area contributed by atoms with Crippen LogP contribution < -0.4 is 4.72 Å². The standard InChI is InChI=1S/C22H21NO4S/c1-27-22(24)19-13-11-17(12-14-19)15-16-23-28(25,26)21-10-6-5-9-20(21)18-7-3-2-4-8-18/h2-14,23H,15-16H2,1H3. The number of esters is 1. The van der Waals surface area contributed by atoms with Gasteiger partial charge in [0.05, 0.1) is 17.6 Å². The van der Waals surface area contributed by atoms with Crippen molar-refractivity contribution in [2.24, 2.45) is 0 Å². The van der Waals surface area contributed by atoms with Gasteiger partial charge in [0, 0.05) is 12.1 Å². The van der Waals surface area contributed by atoms with Crippen LogP contribution in [0.15, 0.2) is 83.8 Å². The molecule has 0 aliphatic heterocycles. The Morgan fingerprint density at radius 3 is 2.21 bits per heavy atom. The van der Waals surface area contributed by atoms with Gasteiger partial charge in [-0.05, 0) is 35.7 Å². The lowest BCUT2D eigenvalue weighted by molar-refractivity contribution is 0.0600. The molecule has 28 heavy (non-hydrogen) atoms. The first-order chi connectivity index (χ1) is 13.5. The molecule has 0 aromatic heterocycles. The van der Waals surface area contributed by atoms with Gasteiger partial charge in [0.25, 0.3) is 0 Å². The first-order valence-corrected chi connectivity index (χ1v) is 10.3. The highest BCUT2D eigenvalue weighted by molar-refractivity contribution is 7.89. The molecule has 0 saturated carbocycles. The maximum absolute atomic E-state index is 12.8. The van der Waals surface area contributed by atoms with Crippen LogP contribution in [0.2, 0.25) is 0 Å². The second-order valence-electron chi connectivity index (χ2n) is 6.20. The summed E-state index contributed by atoms with van der Waals surface area (Å²) in [5.74, 6) is -0.398. The maximum atomic E-state index is 12.8. The van der Waals surface area contributed by atoms with Crippen molar-refractivity contribution >= 4 is 16.0 Å². The molecule has 0 aliphatic rings. The average Bonchev–Trinajstić information content (AvgIpc) is 2.74. The molecule has 0 spiro atoms. The Balaban J connectivity index is 1.71. The van der Waals surface area contributed by atoms with E-state index in [-0.39, 0.29) is 11.4 Å². The highest BCUT2D eigenvalue weighted by atomic mass is 32.2. The van der Waals surface area contributed by atoms with Crippen molar-refractivity contribution < 1.29 is 17.9 Å². The molecule has 0 heterocycles. The summed E-state index contributed by atoms with van der Waals surface area (Å²) in [5, 5.41) is 0. The van der Waals surface area contributed by atoms with Gasteiger partial charge in [0.15, 0.2) is 0 Å². The summed E-state index contributed by atoms with van der Waals surface area (Å²) >= 11 is 0. The van der Waals surface area contributed by atoms with Crippen molar-refractivity contribution in [1.82, 2.24) is 4.72 Å². The predicted octanol–water partition coefficient (Wildman–Crippen LogP) is 3.66. The molecular formula is C22H21NO4S. The fraction of sp³-hybridized carbons (Fsp3) is 0.136. The molecule has 0 bridgehead atoms. The number of methoxy groups -OCH3 is 1. The smallest absolute Gasteiger partial charge is 0.337 e. The van der Waals surface area contributed by atoms with E-state index in [9.17, 15) is 13.2 Å². The van der Waals surface area contributed by atoms with Crippen molar-refractivity contribution in [2.75, 3.05) is 13.7 Å². The summed E-state index contributed by atoms with van der Waals surface area (Å²) < 4.78 is 33.0. The molecule has 0 aliphatic carbocycles. The molecule has 0 unspecified atom stereocenters. The van der Waals surface area contributed by atoms with Gasteiger partial charge in [-0.2, -0.15) is 0 Å². The van der Waals surface area contributed by atoms with Crippen LogP contribution in [0, 0.1) is 0 Å². The predicted molar refractivity (Wildman–Crippen MR) is 109 cm³/mol. The number of sulfonamides is 1. The number of nitrogens with one attached hydrogen (secondary N) is 1. The third-order valence-electron chi connectivity index (χ3n) is 4.34. The molecule has 0 amide bonds. The van der Waals surface area contributed by atoms with E-state index in [1.165, 1.54) is 7.11 Å². The van der Waals surface area contributed by atoms with Crippen LogP contribution >= 0.6 is 0 Å². The molecule has 5 nitrogen and oxygen atoms in total. The highest BCUT2D eigenvalue weighted by Gasteiger charge is 2.18. The van der Waals surface area contributed by atoms with Crippen LogP contribution in [0.25, 0.3) is 11.1 Å². The van der Waals surface area contributed by atoms with E-state index in [1.807, 2.05) is 36.4 Å². The van der Waals surface area contributed by atoms with E-state index in [0.29, 0.717) is 17.5 Å². The first kappa shape index (κ1) is 19.8. The fourth-order valence-corrected chi connectivity index (χ4v) is 4.15. The number of rotatable bonds is 7. The van der Waals surface area contributed by atoms with Crippen molar-refractivity contribution in [3.8, 4) is 11.1 Å². The lowest BCUT2D eigenvalue weighted by Crippen LogP contribution is -2.26. The zero-order valence-electron chi connectivity index (χ0n) is 15.5. The molecule has 3 aromatic carbocycles. The summed E-state index contributed by atoms with van der Waals surface area (Å²) in [6.45, 7) is 0.253.